The molecule has 1 aromatic carbocycles. The molecule has 0 unspecified atom stereocenters. The lowest BCUT2D eigenvalue weighted by molar-refractivity contribution is 0.102. The maximum atomic E-state index is 12.6. The van der Waals surface area contributed by atoms with Gasteiger partial charge in [0.2, 0.25) is 6.79 Å². The Hall–Kier alpha value is -3.22. The predicted octanol–water partition coefficient (Wildman–Crippen LogP) is 2.19. The van der Waals surface area contributed by atoms with Crippen LogP contribution in [0.3, 0.4) is 0 Å². The van der Waals surface area contributed by atoms with Crippen LogP contribution in [0.1, 0.15) is 10.4 Å². The average molecular weight is 310 g/mol. The van der Waals surface area contributed by atoms with Crippen molar-refractivity contribution in [2.24, 2.45) is 7.05 Å². The second kappa shape index (κ2) is 5.20. The third-order valence-corrected chi connectivity index (χ3v) is 3.63. The molecule has 7 heteroatoms. The first-order chi connectivity index (χ1) is 11.2. The van der Waals surface area contributed by atoms with E-state index in [4.69, 9.17) is 9.47 Å². The summed E-state index contributed by atoms with van der Waals surface area (Å²) in [7, 11) is 1.80. The number of carbonyl (C=O) groups excluding carboxylic acids is 1. The number of aromatic nitrogens is 3. The molecule has 7 nitrogen and oxygen atoms in total. The highest BCUT2D eigenvalue weighted by Crippen LogP contribution is 2.34. The van der Waals surface area contributed by atoms with Crippen LogP contribution >= 0.6 is 0 Å². The number of aryl methyl sites for hydroxylation is 1. The van der Waals surface area contributed by atoms with Crippen LogP contribution in [-0.2, 0) is 7.05 Å². The van der Waals surface area contributed by atoms with Crippen molar-refractivity contribution < 1.29 is 14.3 Å². The van der Waals surface area contributed by atoms with E-state index in [2.05, 4.69) is 10.4 Å². The van der Waals surface area contributed by atoms with E-state index < -0.39 is 0 Å². The SMILES string of the molecule is Cn1ncc(C(=O)Nc2ccc3c(c2)OCO3)c1-n1cccc1. The number of amides is 1. The summed E-state index contributed by atoms with van der Waals surface area (Å²) in [6.07, 6.45) is 5.29. The van der Waals surface area contributed by atoms with Gasteiger partial charge in [-0.15, -0.1) is 0 Å². The fraction of sp³-hybridized carbons (Fsp3) is 0.125. The van der Waals surface area contributed by atoms with Gasteiger partial charge in [-0.05, 0) is 24.3 Å². The maximum Gasteiger partial charge on any atom is 0.261 e. The zero-order chi connectivity index (χ0) is 15.8. The number of anilines is 1. The summed E-state index contributed by atoms with van der Waals surface area (Å²) in [5.41, 5.74) is 1.13. The minimum atomic E-state index is -0.235. The van der Waals surface area contributed by atoms with Crippen LogP contribution in [0.25, 0.3) is 5.82 Å². The zero-order valence-corrected chi connectivity index (χ0v) is 12.4. The molecule has 0 bridgehead atoms. The van der Waals surface area contributed by atoms with Crippen molar-refractivity contribution in [3.05, 3.63) is 54.5 Å². The molecule has 1 amide bonds. The van der Waals surface area contributed by atoms with Gasteiger partial charge in [-0.25, -0.2) is 0 Å². The van der Waals surface area contributed by atoms with Crippen molar-refractivity contribution in [1.82, 2.24) is 14.3 Å². The molecule has 0 aliphatic carbocycles. The largest absolute Gasteiger partial charge is 0.454 e. The monoisotopic (exact) mass is 310 g/mol. The topological polar surface area (TPSA) is 70.3 Å². The summed E-state index contributed by atoms with van der Waals surface area (Å²) in [6, 6.07) is 9.08. The molecular weight excluding hydrogens is 296 g/mol. The van der Waals surface area contributed by atoms with Crippen LogP contribution in [0.2, 0.25) is 0 Å². The van der Waals surface area contributed by atoms with Crippen molar-refractivity contribution in [1.29, 1.82) is 0 Å². The number of benzene rings is 1. The number of rotatable bonds is 3. The lowest BCUT2D eigenvalue weighted by Gasteiger charge is -2.09. The number of hydrogen-bond acceptors (Lipinski definition) is 4. The quantitative estimate of drug-likeness (QED) is 0.805. The maximum absolute atomic E-state index is 12.6. The minimum absolute atomic E-state index is 0.202. The molecule has 0 saturated carbocycles. The van der Waals surface area contributed by atoms with Gasteiger partial charge in [0.05, 0.1) is 6.20 Å². The van der Waals surface area contributed by atoms with Crippen LogP contribution in [0.4, 0.5) is 5.69 Å². The lowest BCUT2D eigenvalue weighted by atomic mass is 10.2. The molecule has 23 heavy (non-hydrogen) atoms. The molecule has 0 atom stereocenters. The van der Waals surface area contributed by atoms with E-state index in [1.807, 2.05) is 29.1 Å². The molecule has 2 aromatic heterocycles. The van der Waals surface area contributed by atoms with Crippen LogP contribution in [0.5, 0.6) is 11.5 Å². The van der Waals surface area contributed by atoms with Gasteiger partial charge in [0.25, 0.3) is 5.91 Å². The Kier molecular flexibility index (Phi) is 3.04. The number of fused-ring (bicyclic) bond motifs is 1. The molecule has 1 N–H and O–H groups in total. The Balaban J connectivity index is 1.63. The first-order valence-electron chi connectivity index (χ1n) is 7.09. The highest BCUT2D eigenvalue weighted by Gasteiger charge is 2.19. The number of hydrogen-bond donors (Lipinski definition) is 1. The summed E-state index contributed by atoms with van der Waals surface area (Å²) < 4.78 is 14.1. The molecule has 116 valence electrons. The van der Waals surface area contributed by atoms with E-state index in [-0.39, 0.29) is 12.7 Å². The molecule has 3 aromatic rings. The standard InChI is InChI=1S/C16H14N4O3/c1-19-16(20-6-2-3-7-20)12(9-17-19)15(21)18-11-4-5-13-14(8-11)23-10-22-13/h2-9H,10H2,1H3,(H,18,21). The molecule has 1 aliphatic heterocycles. The second-order valence-electron chi connectivity index (χ2n) is 5.12. The molecule has 0 radical (unpaired) electrons. The van der Waals surface area contributed by atoms with Gasteiger partial charge in [0.1, 0.15) is 11.4 Å². The molecular formula is C16H14N4O3. The van der Waals surface area contributed by atoms with Crippen molar-refractivity contribution in [2.75, 3.05) is 12.1 Å². The van der Waals surface area contributed by atoms with E-state index >= 15 is 0 Å². The Morgan fingerprint density at radius 2 is 2.00 bits per heavy atom. The third-order valence-electron chi connectivity index (χ3n) is 3.63. The molecule has 0 saturated heterocycles. The zero-order valence-electron chi connectivity index (χ0n) is 12.4. The molecule has 1 aliphatic rings. The van der Waals surface area contributed by atoms with Crippen molar-refractivity contribution in [3.8, 4) is 17.3 Å². The van der Waals surface area contributed by atoms with Crippen molar-refractivity contribution in [2.45, 2.75) is 0 Å². The summed E-state index contributed by atoms with van der Waals surface area (Å²) in [6.45, 7) is 0.202. The Labute approximate surface area is 132 Å². The number of nitrogens with zero attached hydrogens (tertiary/aromatic N) is 3. The van der Waals surface area contributed by atoms with E-state index in [1.54, 1.807) is 36.1 Å². The van der Waals surface area contributed by atoms with E-state index in [0.717, 1.165) is 0 Å². The lowest BCUT2D eigenvalue weighted by Crippen LogP contribution is -2.14. The molecule has 0 spiro atoms. The molecule has 4 rings (SSSR count). The van der Waals surface area contributed by atoms with E-state index in [9.17, 15) is 4.79 Å². The second-order valence-corrected chi connectivity index (χ2v) is 5.12. The van der Waals surface area contributed by atoms with Gasteiger partial charge < -0.3 is 19.4 Å². The summed E-state index contributed by atoms with van der Waals surface area (Å²) in [5, 5.41) is 7.05. The van der Waals surface area contributed by atoms with Crippen LogP contribution < -0.4 is 14.8 Å². The summed E-state index contributed by atoms with van der Waals surface area (Å²) >= 11 is 0. The van der Waals surface area contributed by atoms with Crippen molar-refractivity contribution in [3.63, 3.8) is 0 Å². The van der Waals surface area contributed by atoms with Gasteiger partial charge in [0.15, 0.2) is 11.5 Å². The number of carbonyl (C=O) groups is 1. The Bertz CT molecular complexity index is 868. The highest BCUT2D eigenvalue weighted by molar-refractivity contribution is 6.06. The number of ether oxygens (including phenoxy) is 2. The Morgan fingerprint density at radius 3 is 2.83 bits per heavy atom. The van der Waals surface area contributed by atoms with E-state index in [1.165, 1.54) is 0 Å². The third kappa shape index (κ3) is 2.32. The van der Waals surface area contributed by atoms with Crippen LogP contribution in [0.15, 0.2) is 48.9 Å². The normalized spacial score (nSPS) is 12.4. The van der Waals surface area contributed by atoms with Gasteiger partial charge in [0, 0.05) is 31.2 Å². The smallest absolute Gasteiger partial charge is 0.261 e. The van der Waals surface area contributed by atoms with Gasteiger partial charge in [-0.2, -0.15) is 5.10 Å². The minimum Gasteiger partial charge on any atom is -0.454 e. The van der Waals surface area contributed by atoms with Crippen molar-refractivity contribution >= 4 is 11.6 Å². The fourth-order valence-electron chi connectivity index (χ4n) is 2.55. The van der Waals surface area contributed by atoms with E-state index in [0.29, 0.717) is 28.6 Å². The van der Waals surface area contributed by atoms with Crippen LogP contribution in [-0.4, -0.2) is 27.0 Å². The average Bonchev–Trinajstić information content (AvgIpc) is 3.26. The first-order valence-corrected chi connectivity index (χ1v) is 7.09. The van der Waals surface area contributed by atoms with Gasteiger partial charge >= 0.3 is 0 Å². The molecule has 3 heterocycles. The summed E-state index contributed by atoms with van der Waals surface area (Å²) in [4.78, 5) is 12.6. The fourth-order valence-corrected chi connectivity index (χ4v) is 2.55. The van der Waals surface area contributed by atoms with Crippen LogP contribution in [0, 0.1) is 0 Å². The van der Waals surface area contributed by atoms with Gasteiger partial charge in [-0.3, -0.25) is 9.48 Å². The predicted molar refractivity (Wildman–Crippen MR) is 83.1 cm³/mol. The first kappa shape index (κ1) is 13.4. The Morgan fingerprint density at radius 1 is 1.22 bits per heavy atom. The summed E-state index contributed by atoms with van der Waals surface area (Å²) in [5.74, 6) is 1.77. The number of nitrogens with one attached hydrogen (secondary N) is 1. The molecule has 0 fully saturated rings. The van der Waals surface area contributed by atoms with Gasteiger partial charge in [-0.1, -0.05) is 0 Å². The highest BCUT2D eigenvalue weighted by atomic mass is 16.7.